The van der Waals surface area contributed by atoms with E-state index < -0.39 is 0 Å². The third-order valence-corrected chi connectivity index (χ3v) is 4.68. The maximum Gasteiger partial charge on any atom is 0.236 e. The molecule has 3 rings (SSSR count). The van der Waals surface area contributed by atoms with Crippen LogP contribution in [0.15, 0.2) is 54.7 Å². The molecule has 1 atom stereocenters. The van der Waals surface area contributed by atoms with Crippen LogP contribution in [0.4, 0.5) is 0 Å². The number of benzene rings is 1. The van der Waals surface area contributed by atoms with Crippen molar-refractivity contribution in [2.24, 2.45) is 0 Å². The molecule has 2 heterocycles. The van der Waals surface area contributed by atoms with E-state index in [1.54, 1.807) is 17.1 Å². The lowest BCUT2D eigenvalue weighted by Gasteiger charge is -2.22. The maximum absolute atomic E-state index is 12.6. The van der Waals surface area contributed by atoms with Crippen molar-refractivity contribution < 1.29 is 4.79 Å². The van der Waals surface area contributed by atoms with Gasteiger partial charge in [0.05, 0.1) is 5.25 Å². The molecule has 0 fully saturated rings. The summed E-state index contributed by atoms with van der Waals surface area (Å²) in [6.07, 6.45) is 3.40. The average Bonchev–Trinajstić information content (AvgIpc) is 2.98. The smallest absolute Gasteiger partial charge is 0.236 e. The number of rotatable bonds is 7. The molecular formula is C18H19N5OS. The molecule has 1 amide bonds. The van der Waals surface area contributed by atoms with Crippen LogP contribution in [0.5, 0.6) is 0 Å². The zero-order valence-corrected chi connectivity index (χ0v) is 14.8. The molecule has 0 bridgehead atoms. The number of fused-ring (bicyclic) bond motifs is 3. The number of nitrogens with zero attached hydrogens (tertiary/aromatic N) is 4. The van der Waals surface area contributed by atoms with E-state index in [1.807, 2.05) is 31.2 Å². The number of nitrogens with one attached hydrogen (secondary N) is 1. The summed E-state index contributed by atoms with van der Waals surface area (Å²) in [6, 6.07) is 7.86. The van der Waals surface area contributed by atoms with E-state index >= 15 is 0 Å². The van der Waals surface area contributed by atoms with Crippen LogP contribution >= 0.6 is 11.8 Å². The molecule has 6 nitrogen and oxygen atoms in total. The van der Waals surface area contributed by atoms with Gasteiger partial charge >= 0.3 is 0 Å². The van der Waals surface area contributed by atoms with Gasteiger partial charge in [-0.15, -0.1) is 23.4 Å². The molecule has 1 N–H and O–H groups in total. The molecule has 0 spiro atoms. The van der Waals surface area contributed by atoms with E-state index in [0.29, 0.717) is 23.9 Å². The Morgan fingerprint density at radius 1 is 1.28 bits per heavy atom. The fourth-order valence-corrected chi connectivity index (χ4v) is 3.39. The lowest BCUT2D eigenvalue weighted by atomic mass is 10.2. The summed E-state index contributed by atoms with van der Waals surface area (Å²) >= 11 is 1.29. The van der Waals surface area contributed by atoms with E-state index in [4.69, 9.17) is 0 Å². The Kier molecular flexibility index (Phi) is 5.14. The Labute approximate surface area is 150 Å². The Morgan fingerprint density at radius 3 is 2.72 bits per heavy atom. The molecule has 0 radical (unpaired) electrons. The summed E-state index contributed by atoms with van der Waals surface area (Å²) in [4.78, 5) is 22.0. The fourth-order valence-electron chi connectivity index (χ4n) is 2.59. The summed E-state index contributed by atoms with van der Waals surface area (Å²) in [7, 11) is 0. The normalized spacial score (nSPS) is 12.2. The lowest BCUT2D eigenvalue weighted by molar-refractivity contribution is -0.129. The van der Waals surface area contributed by atoms with Gasteiger partial charge < -0.3 is 9.88 Å². The van der Waals surface area contributed by atoms with Gasteiger partial charge in [-0.05, 0) is 13.0 Å². The molecule has 2 aromatic heterocycles. The highest BCUT2D eigenvalue weighted by molar-refractivity contribution is 8.00. The summed E-state index contributed by atoms with van der Waals surface area (Å²) in [5, 5.41) is 9.58. The summed E-state index contributed by atoms with van der Waals surface area (Å²) in [5.74, 6) is -0.00913. The average molecular weight is 353 g/mol. The van der Waals surface area contributed by atoms with Crippen LogP contribution in [0.2, 0.25) is 0 Å². The van der Waals surface area contributed by atoms with Crippen LogP contribution < -0.4 is 0 Å². The molecule has 0 aliphatic carbocycles. The van der Waals surface area contributed by atoms with Gasteiger partial charge in [-0.3, -0.25) is 4.79 Å². The van der Waals surface area contributed by atoms with E-state index in [1.165, 1.54) is 11.8 Å². The van der Waals surface area contributed by atoms with Gasteiger partial charge in [-0.1, -0.05) is 42.1 Å². The number of thioether (sulfide) groups is 1. The van der Waals surface area contributed by atoms with Crippen LogP contribution in [-0.2, 0) is 4.79 Å². The highest BCUT2D eigenvalue weighted by Crippen LogP contribution is 2.25. The van der Waals surface area contributed by atoms with Crippen molar-refractivity contribution in [2.75, 3.05) is 13.1 Å². The molecule has 25 heavy (non-hydrogen) atoms. The SMILES string of the molecule is C=CCN(CC=C)C(=O)[C@@H](C)Sc1nnc2c(n1)[nH]c1ccccc12. The maximum atomic E-state index is 12.6. The van der Waals surface area contributed by atoms with Gasteiger partial charge in [0.15, 0.2) is 5.65 Å². The standard InChI is InChI=1S/C18H19N5OS/c1-4-10-23(11-5-2)17(24)12(3)25-18-20-16-15(21-22-18)13-8-6-7-9-14(13)19-16/h4-9,12H,1-2,10-11H2,3H3,(H,19,20,22)/t12-/m1/s1. The molecule has 1 aromatic carbocycles. The third-order valence-electron chi connectivity index (χ3n) is 3.74. The fraction of sp³-hybridized carbons (Fsp3) is 0.222. The zero-order valence-electron chi connectivity index (χ0n) is 14.0. The zero-order chi connectivity index (χ0) is 17.8. The topological polar surface area (TPSA) is 74.8 Å². The van der Waals surface area contributed by atoms with Crippen molar-refractivity contribution in [3.8, 4) is 0 Å². The summed E-state index contributed by atoms with van der Waals surface area (Å²) < 4.78 is 0. The highest BCUT2D eigenvalue weighted by atomic mass is 32.2. The molecule has 0 aliphatic rings. The van der Waals surface area contributed by atoms with Crippen molar-refractivity contribution in [1.82, 2.24) is 25.1 Å². The minimum absolute atomic E-state index is 0.00913. The molecule has 7 heteroatoms. The number of H-pyrrole nitrogens is 1. The summed E-state index contributed by atoms with van der Waals surface area (Å²) in [5.41, 5.74) is 2.37. The molecule has 3 aromatic rings. The number of carbonyl (C=O) groups excluding carboxylic acids is 1. The number of para-hydroxylation sites is 1. The van der Waals surface area contributed by atoms with E-state index in [2.05, 4.69) is 33.3 Å². The van der Waals surface area contributed by atoms with Gasteiger partial charge in [0.2, 0.25) is 11.1 Å². The van der Waals surface area contributed by atoms with E-state index in [-0.39, 0.29) is 11.2 Å². The van der Waals surface area contributed by atoms with E-state index in [0.717, 1.165) is 16.4 Å². The van der Waals surface area contributed by atoms with Crippen LogP contribution in [-0.4, -0.2) is 49.3 Å². The van der Waals surface area contributed by atoms with E-state index in [9.17, 15) is 4.79 Å². The quantitative estimate of drug-likeness (QED) is 0.521. The van der Waals surface area contributed by atoms with Crippen LogP contribution in [0.25, 0.3) is 22.1 Å². The number of carbonyl (C=O) groups is 1. The van der Waals surface area contributed by atoms with Gasteiger partial charge in [0.25, 0.3) is 0 Å². The van der Waals surface area contributed by atoms with Crippen molar-refractivity contribution in [3.05, 3.63) is 49.6 Å². The Hall–Kier alpha value is -2.67. The molecule has 0 aliphatic heterocycles. The van der Waals surface area contributed by atoms with Crippen LogP contribution in [0.3, 0.4) is 0 Å². The number of amides is 1. The van der Waals surface area contributed by atoms with Crippen molar-refractivity contribution >= 4 is 39.7 Å². The first-order chi connectivity index (χ1) is 12.1. The number of aromatic amines is 1. The van der Waals surface area contributed by atoms with Crippen molar-refractivity contribution in [3.63, 3.8) is 0 Å². The number of aromatic nitrogens is 4. The minimum Gasteiger partial charge on any atom is -0.338 e. The number of hydrogen-bond donors (Lipinski definition) is 1. The first kappa shape index (κ1) is 17.2. The predicted octanol–water partition coefficient (Wildman–Crippen LogP) is 3.19. The van der Waals surface area contributed by atoms with Crippen LogP contribution in [0, 0.1) is 0 Å². The Morgan fingerprint density at radius 2 is 2.00 bits per heavy atom. The molecule has 0 saturated heterocycles. The first-order valence-electron chi connectivity index (χ1n) is 7.92. The third kappa shape index (κ3) is 3.56. The van der Waals surface area contributed by atoms with Gasteiger partial charge in [-0.2, -0.15) is 0 Å². The second-order valence-electron chi connectivity index (χ2n) is 5.54. The molecule has 128 valence electrons. The molecule has 0 unspecified atom stereocenters. The second-order valence-corrected chi connectivity index (χ2v) is 6.85. The Bertz CT molecular complexity index is 926. The minimum atomic E-state index is -0.330. The van der Waals surface area contributed by atoms with Gasteiger partial charge in [0, 0.05) is 24.0 Å². The summed E-state index contributed by atoms with van der Waals surface area (Å²) in [6.45, 7) is 10.2. The first-order valence-corrected chi connectivity index (χ1v) is 8.80. The second kappa shape index (κ2) is 7.48. The van der Waals surface area contributed by atoms with Crippen molar-refractivity contribution in [1.29, 1.82) is 0 Å². The van der Waals surface area contributed by atoms with Gasteiger partial charge in [0.1, 0.15) is 5.52 Å². The van der Waals surface area contributed by atoms with Crippen LogP contribution in [0.1, 0.15) is 6.92 Å². The van der Waals surface area contributed by atoms with Crippen molar-refractivity contribution in [2.45, 2.75) is 17.3 Å². The number of hydrogen-bond acceptors (Lipinski definition) is 5. The van der Waals surface area contributed by atoms with Gasteiger partial charge in [-0.25, -0.2) is 4.98 Å². The predicted molar refractivity (Wildman–Crippen MR) is 101 cm³/mol. The lowest BCUT2D eigenvalue weighted by Crippen LogP contribution is -2.36. The largest absolute Gasteiger partial charge is 0.338 e. The molecule has 0 saturated carbocycles. The monoisotopic (exact) mass is 353 g/mol. The Balaban J connectivity index is 1.81. The molecular weight excluding hydrogens is 334 g/mol. The highest BCUT2D eigenvalue weighted by Gasteiger charge is 2.21.